The molecule has 0 bridgehead atoms. The predicted molar refractivity (Wildman–Crippen MR) is 125 cm³/mol. The molecule has 1 aliphatic heterocycles. The summed E-state index contributed by atoms with van der Waals surface area (Å²) >= 11 is 12.1. The van der Waals surface area contributed by atoms with Gasteiger partial charge in [-0.2, -0.15) is 0 Å². The molecule has 0 spiro atoms. The number of rotatable bonds is 6. The Bertz CT molecular complexity index is 1120. The summed E-state index contributed by atoms with van der Waals surface area (Å²) in [5.41, 5.74) is 1.59. The van der Waals surface area contributed by atoms with E-state index in [1.165, 1.54) is 12.1 Å². The van der Waals surface area contributed by atoms with Crippen LogP contribution in [0.2, 0.25) is 10.0 Å². The van der Waals surface area contributed by atoms with Crippen molar-refractivity contribution in [3.8, 4) is 0 Å². The second kappa shape index (κ2) is 10.1. The predicted octanol–water partition coefficient (Wildman–Crippen LogP) is 4.80. The summed E-state index contributed by atoms with van der Waals surface area (Å²) in [4.78, 5) is 31.3. The van der Waals surface area contributed by atoms with Gasteiger partial charge in [-0.05, 0) is 35.9 Å². The van der Waals surface area contributed by atoms with Gasteiger partial charge in [0.15, 0.2) is 0 Å². The largest absolute Gasteiger partial charge is 0.439 e. The number of piperazine rings is 1. The second-order valence-electron chi connectivity index (χ2n) is 7.55. The summed E-state index contributed by atoms with van der Waals surface area (Å²) in [5.74, 6) is 0. The molecule has 1 atom stereocenters. The van der Waals surface area contributed by atoms with Crippen LogP contribution < -0.4 is 4.90 Å². The van der Waals surface area contributed by atoms with Crippen molar-refractivity contribution in [2.24, 2.45) is 0 Å². The van der Waals surface area contributed by atoms with E-state index in [9.17, 15) is 14.9 Å². The Labute approximate surface area is 200 Å². The quantitative estimate of drug-likeness (QED) is 0.364. The van der Waals surface area contributed by atoms with Crippen LogP contribution >= 0.6 is 23.2 Å². The highest BCUT2D eigenvalue weighted by molar-refractivity contribution is 6.42. The molecule has 1 saturated heterocycles. The zero-order valence-electron chi connectivity index (χ0n) is 17.5. The summed E-state index contributed by atoms with van der Waals surface area (Å²) in [7, 11) is 0. The average molecular weight is 490 g/mol. The normalized spacial score (nSPS) is 14.7. The summed E-state index contributed by atoms with van der Waals surface area (Å²) < 4.78 is 7.63. The Kier molecular flexibility index (Phi) is 7.00. The first-order valence-electron chi connectivity index (χ1n) is 10.3. The average Bonchev–Trinajstić information content (AvgIpc) is 3.34. The molecular weight excluding hydrogens is 469 g/mol. The number of hydrogen-bond donors (Lipinski definition) is 0. The Morgan fingerprint density at radius 3 is 2.42 bits per heavy atom. The third-order valence-corrected chi connectivity index (χ3v) is 6.20. The minimum atomic E-state index is -0.624. The molecule has 9 nitrogen and oxygen atoms in total. The first-order valence-corrected chi connectivity index (χ1v) is 11.0. The molecule has 33 heavy (non-hydrogen) atoms. The van der Waals surface area contributed by atoms with Crippen LogP contribution in [0, 0.1) is 10.1 Å². The fourth-order valence-corrected chi connectivity index (χ4v) is 3.93. The van der Waals surface area contributed by atoms with Crippen molar-refractivity contribution in [1.29, 1.82) is 0 Å². The number of nitrogens with zero attached hydrogens (tertiary/aromatic N) is 5. The smallest absolute Gasteiger partial charge is 0.410 e. The van der Waals surface area contributed by atoms with Gasteiger partial charge in [-0.1, -0.05) is 23.2 Å². The Balaban J connectivity index is 1.42. The maximum Gasteiger partial charge on any atom is 0.410 e. The first-order chi connectivity index (χ1) is 15.9. The maximum atomic E-state index is 12.9. The fourth-order valence-electron chi connectivity index (χ4n) is 3.63. The number of halogens is 2. The Hall–Kier alpha value is -3.30. The minimum absolute atomic E-state index is 0.0233. The number of hydrogen-bond acceptors (Lipinski definition) is 6. The van der Waals surface area contributed by atoms with E-state index in [4.69, 9.17) is 27.9 Å². The molecule has 1 aliphatic rings. The number of nitro benzene ring substituents is 1. The third-order valence-electron chi connectivity index (χ3n) is 5.46. The van der Waals surface area contributed by atoms with E-state index < -0.39 is 17.1 Å². The highest BCUT2D eigenvalue weighted by Gasteiger charge is 2.26. The van der Waals surface area contributed by atoms with Gasteiger partial charge in [-0.3, -0.25) is 10.1 Å². The third kappa shape index (κ3) is 5.55. The summed E-state index contributed by atoms with van der Waals surface area (Å²) in [5, 5.41) is 12.0. The van der Waals surface area contributed by atoms with E-state index in [1.807, 2.05) is 12.1 Å². The lowest BCUT2D eigenvalue weighted by atomic mass is 10.1. The molecule has 1 fully saturated rings. The van der Waals surface area contributed by atoms with E-state index in [2.05, 4.69) is 9.88 Å². The standard InChI is InChI=1S/C22H21Cl2N5O4/c23-19-6-5-18(13-20(19)24)27-9-11-28(12-10-27)22(30)33-21(14-26-8-7-25-15-26)16-1-3-17(4-2-16)29(31)32/h1-8,13,15,21H,9-12,14H2/t21-/m1/s1. The van der Waals surface area contributed by atoms with Crippen LogP contribution in [0.4, 0.5) is 16.2 Å². The van der Waals surface area contributed by atoms with Gasteiger partial charge in [-0.15, -0.1) is 0 Å². The molecular formula is C22H21Cl2N5O4. The number of carbonyl (C=O) groups excluding carboxylic acids is 1. The van der Waals surface area contributed by atoms with Gasteiger partial charge in [-0.25, -0.2) is 9.78 Å². The van der Waals surface area contributed by atoms with Gasteiger partial charge in [0, 0.05) is 56.4 Å². The van der Waals surface area contributed by atoms with E-state index in [0.29, 0.717) is 48.3 Å². The van der Waals surface area contributed by atoms with E-state index in [0.717, 1.165) is 5.69 Å². The number of amides is 1. The van der Waals surface area contributed by atoms with Gasteiger partial charge in [0.25, 0.3) is 5.69 Å². The maximum absolute atomic E-state index is 12.9. The van der Waals surface area contributed by atoms with Crippen molar-refractivity contribution >= 4 is 40.7 Å². The molecule has 0 N–H and O–H groups in total. The molecule has 0 aliphatic carbocycles. The van der Waals surface area contributed by atoms with E-state index in [-0.39, 0.29) is 5.69 Å². The number of non-ortho nitro benzene ring substituents is 1. The van der Waals surface area contributed by atoms with Crippen LogP contribution in [0.1, 0.15) is 11.7 Å². The van der Waals surface area contributed by atoms with Crippen LogP contribution in [0.5, 0.6) is 0 Å². The zero-order chi connectivity index (χ0) is 23.4. The van der Waals surface area contributed by atoms with Gasteiger partial charge < -0.3 is 19.1 Å². The number of imidazole rings is 1. The highest BCUT2D eigenvalue weighted by Crippen LogP contribution is 2.28. The van der Waals surface area contributed by atoms with Crippen LogP contribution in [0.15, 0.2) is 61.2 Å². The van der Waals surface area contributed by atoms with E-state index >= 15 is 0 Å². The van der Waals surface area contributed by atoms with Crippen LogP contribution in [0.3, 0.4) is 0 Å². The van der Waals surface area contributed by atoms with Crippen molar-refractivity contribution in [1.82, 2.24) is 14.5 Å². The molecule has 1 aromatic heterocycles. The zero-order valence-corrected chi connectivity index (χ0v) is 19.0. The number of nitro groups is 1. The molecule has 4 rings (SSSR count). The Morgan fingerprint density at radius 1 is 1.09 bits per heavy atom. The molecule has 3 aromatic rings. The minimum Gasteiger partial charge on any atom is -0.439 e. The molecule has 1 amide bonds. The van der Waals surface area contributed by atoms with Crippen LogP contribution in [-0.4, -0.2) is 51.6 Å². The summed E-state index contributed by atoms with van der Waals surface area (Å²) in [6.07, 6.45) is 3.97. The van der Waals surface area contributed by atoms with Crippen LogP contribution in [-0.2, 0) is 11.3 Å². The summed E-state index contributed by atoms with van der Waals surface area (Å²) in [6.45, 7) is 2.55. The lowest BCUT2D eigenvalue weighted by Gasteiger charge is -2.36. The van der Waals surface area contributed by atoms with Gasteiger partial charge in [0.05, 0.1) is 27.8 Å². The van der Waals surface area contributed by atoms with Crippen molar-refractivity contribution in [2.45, 2.75) is 12.6 Å². The lowest BCUT2D eigenvalue weighted by Crippen LogP contribution is -2.49. The van der Waals surface area contributed by atoms with Crippen LogP contribution in [0.25, 0.3) is 0 Å². The number of ether oxygens (including phenoxy) is 1. The number of anilines is 1. The van der Waals surface area contributed by atoms with Crippen molar-refractivity contribution in [3.05, 3.63) is 86.9 Å². The highest BCUT2D eigenvalue weighted by atomic mass is 35.5. The van der Waals surface area contributed by atoms with Crippen molar-refractivity contribution in [3.63, 3.8) is 0 Å². The molecule has 0 unspecified atom stereocenters. The SMILES string of the molecule is O=C(O[C@H](Cn1ccnc1)c1ccc([N+](=O)[O-])cc1)N1CCN(c2ccc(Cl)c(Cl)c2)CC1. The lowest BCUT2D eigenvalue weighted by molar-refractivity contribution is -0.384. The molecule has 0 radical (unpaired) electrons. The van der Waals surface area contributed by atoms with Crippen molar-refractivity contribution in [2.75, 3.05) is 31.1 Å². The van der Waals surface area contributed by atoms with Gasteiger partial charge >= 0.3 is 6.09 Å². The van der Waals surface area contributed by atoms with Gasteiger partial charge in [0.1, 0.15) is 6.10 Å². The first kappa shape index (κ1) is 22.9. The molecule has 2 aromatic carbocycles. The topological polar surface area (TPSA) is 93.7 Å². The second-order valence-corrected chi connectivity index (χ2v) is 8.37. The van der Waals surface area contributed by atoms with Crippen molar-refractivity contribution < 1.29 is 14.5 Å². The van der Waals surface area contributed by atoms with Gasteiger partial charge in [0.2, 0.25) is 0 Å². The fraction of sp³-hybridized carbons (Fsp3) is 0.273. The molecule has 11 heteroatoms. The number of aromatic nitrogens is 2. The molecule has 2 heterocycles. The number of benzene rings is 2. The van der Waals surface area contributed by atoms with E-state index in [1.54, 1.807) is 46.4 Å². The molecule has 172 valence electrons. The number of carbonyl (C=O) groups is 1. The summed E-state index contributed by atoms with van der Waals surface area (Å²) in [6, 6.07) is 11.5. The Morgan fingerprint density at radius 2 is 1.82 bits per heavy atom. The molecule has 0 saturated carbocycles. The monoisotopic (exact) mass is 489 g/mol.